The SMILES string of the molecule is CCNC(=NCCCCCCC(=O)OC(C)(C)C)N1CCC(N2CC=CC2)C1. The van der Waals surface area contributed by atoms with Crippen LogP contribution >= 0.6 is 0 Å². The van der Waals surface area contributed by atoms with Crippen molar-refractivity contribution in [2.45, 2.75) is 77.9 Å². The van der Waals surface area contributed by atoms with Crippen LogP contribution in [0.3, 0.4) is 0 Å². The van der Waals surface area contributed by atoms with E-state index in [9.17, 15) is 4.79 Å². The number of hydrogen-bond donors (Lipinski definition) is 1. The normalized spacial score (nSPS) is 20.8. The van der Waals surface area contributed by atoms with Crippen molar-refractivity contribution in [1.82, 2.24) is 15.1 Å². The highest BCUT2D eigenvalue weighted by Crippen LogP contribution is 2.18. The van der Waals surface area contributed by atoms with E-state index in [1.165, 1.54) is 6.42 Å². The summed E-state index contributed by atoms with van der Waals surface area (Å²) in [7, 11) is 0. The number of ether oxygens (including phenoxy) is 1. The molecule has 1 saturated heterocycles. The zero-order valence-electron chi connectivity index (χ0n) is 18.4. The fraction of sp³-hybridized carbons (Fsp3) is 0.818. The summed E-state index contributed by atoms with van der Waals surface area (Å²) in [5, 5.41) is 3.45. The molecule has 0 aliphatic carbocycles. The minimum Gasteiger partial charge on any atom is -0.460 e. The maximum atomic E-state index is 11.7. The Kier molecular flexibility index (Phi) is 9.29. The monoisotopic (exact) mass is 392 g/mol. The number of aliphatic imine (C=N–C) groups is 1. The summed E-state index contributed by atoms with van der Waals surface area (Å²) in [6.45, 7) is 14.0. The first-order valence-electron chi connectivity index (χ1n) is 11.0. The van der Waals surface area contributed by atoms with Crippen LogP contribution in [0.25, 0.3) is 0 Å². The Balaban J connectivity index is 1.63. The molecular weight excluding hydrogens is 352 g/mol. The van der Waals surface area contributed by atoms with E-state index < -0.39 is 0 Å². The third kappa shape index (κ3) is 8.21. The van der Waals surface area contributed by atoms with Gasteiger partial charge in [0.1, 0.15) is 5.60 Å². The molecule has 0 spiro atoms. The number of rotatable bonds is 9. The molecule has 0 radical (unpaired) electrons. The number of hydrogen-bond acceptors (Lipinski definition) is 4. The van der Waals surface area contributed by atoms with Crippen LogP contribution in [0.1, 0.15) is 66.2 Å². The van der Waals surface area contributed by atoms with Crippen molar-refractivity contribution in [2.24, 2.45) is 4.99 Å². The molecule has 0 saturated carbocycles. The summed E-state index contributed by atoms with van der Waals surface area (Å²) >= 11 is 0. The zero-order chi connectivity index (χ0) is 20.4. The lowest BCUT2D eigenvalue weighted by Crippen LogP contribution is -2.42. The highest BCUT2D eigenvalue weighted by Gasteiger charge is 2.29. The molecule has 2 heterocycles. The third-order valence-corrected chi connectivity index (χ3v) is 5.13. The molecule has 2 aliphatic heterocycles. The van der Waals surface area contributed by atoms with Crippen molar-refractivity contribution in [3.8, 4) is 0 Å². The van der Waals surface area contributed by atoms with Gasteiger partial charge in [0.25, 0.3) is 0 Å². The van der Waals surface area contributed by atoms with E-state index in [4.69, 9.17) is 9.73 Å². The van der Waals surface area contributed by atoms with E-state index in [1.54, 1.807) is 0 Å². The first-order chi connectivity index (χ1) is 13.4. The minimum absolute atomic E-state index is 0.0863. The van der Waals surface area contributed by atoms with Gasteiger partial charge in [-0.25, -0.2) is 0 Å². The molecule has 0 aromatic carbocycles. The molecule has 28 heavy (non-hydrogen) atoms. The van der Waals surface area contributed by atoms with E-state index in [1.807, 2.05) is 20.8 Å². The number of unbranched alkanes of at least 4 members (excludes halogenated alkanes) is 3. The van der Waals surface area contributed by atoms with Crippen LogP contribution < -0.4 is 5.32 Å². The molecule has 0 aromatic heterocycles. The van der Waals surface area contributed by atoms with Gasteiger partial charge < -0.3 is 15.0 Å². The first kappa shape index (κ1) is 22.7. The van der Waals surface area contributed by atoms with Crippen LogP contribution in [0, 0.1) is 0 Å². The van der Waals surface area contributed by atoms with Gasteiger partial charge in [-0.05, 0) is 47.0 Å². The van der Waals surface area contributed by atoms with Crippen LogP contribution in [-0.4, -0.2) is 72.6 Å². The van der Waals surface area contributed by atoms with Crippen molar-refractivity contribution in [3.63, 3.8) is 0 Å². The molecule has 1 fully saturated rings. The second-order valence-electron chi connectivity index (χ2n) is 8.80. The number of nitrogens with one attached hydrogen (secondary N) is 1. The fourth-order valence-corrected chi connectivity index (χ4v) is 3.76. The molecule has 2 aliphatic rings. The van der Waals surface area contributed by atoms with Crippen LogP contribution in [0.2, 0.25) is 0 Å². The predicted molar refractivity (Wildman–Crippen MR) is 116 cm³/mol. The summed E-state index contributed by atoms with van der Waals surface area (Å²) in [6.07, 6.45) is 10.4. The Bertz CT molecular complexity index is 531. The van der Waals surface area contributed by atoms with E-state index in [0.717, 1.165) is 70.9 Å². The Morgan fingerprint density at radius 2 is 1.89 bits per heavy atom. The van der Waals surface area contributed by atoms with Gasteiger partial charge in [0.05, 0.1) is 0 Å². The molecule has 6 heteroatoms. The predicted octanol–water partition coefficient (Wildman–Crippen LogP) is 3.19. The third-order valence-electron chi connectivity index (χ3n) is 5.13. The van der Waals surface area contributed by atoms with Crippen molar-refractivity contribution < 1.29 is 9.53 Å². The topological polar surface area (TPSA) is 57.2 Å². The second-order valence-corrected chi connectivity index (χ2v) is 8.80. The first-order valence-corrected chi connectivity index (χ1v) is 11.0. The molecule has 6 nitrogen and oxygen atoms in total. The average molecular weight is 393 g/mol. The van der Waals surface area contributed by atoms with Gasteiger partial charge in [-0.1, -0.05) is 25.0 Å². The lowest BCUT2D eigenvalue weighted by Gasteiger charge is -2.25. The number of carbonyl (C=O) groups excluding carboxylic acids is 1. The highest BCUT2D eigenvalue weighted by atomic mass is 16.6. The largest absolute Gasteiger partial charge is 0.460 e. The maximum absolute atomic E-state index is 11.7. The van der Waals surface area contributed by atoms with Gasteiger partial charge in [0, 0.05) is 51.7 Å². The van der Waals surface area contributed by atoms with Crippen LogP contribution in [-0.2, 0) is 9.53 Å². The highest BCUT2D eigenvalue weighted by molar-refractivity contribution is 5.80. The molecule has 1 unspecified atom stereocenters. The summed E-state index contributed by atoms with van der Waals surface area (Å²) in [5.41, 5.74) is -0.381. The molecule has 0 amide bonds. The van der Waals surface area contributed by atoms with Crippen LogP contribution in [0.4, 0.5) is 0 Å². The standard InChI is InChI=1S/C22H40N4O2/c1-5-23-21(26-17-13-19(18-26)25-15-10-11-16-25)24-14-9-7-6-8-12-20(27)28-22(2,3)4/h10-11,19H,5-9,12-18H2,1-4H3,(H,23,24). The van der Waals surface area contributed by atoms with Gasteiger partial charge in [-0.3, -0.25) is 14.7 Å². The number of nitrogens with zero attached hydrogens (tertiary/aromatic N) is 3. The van der Waals surface area contributed by atoms with Crippen LogP contribution in [0.15, 0.2) is 17.1 Å². The molecular formula is C22H40N4O2. The van der Waals surface area contributed by atoms with Crippen molar-refractivity contribution in [1.29, 1.82) is 0 Å². The molecule has 2 rings (SSSR count). The molecule has 0 bridgehead atoms. The number of likely N-dealkylation sites (tertiary alicyclic amines) is 1. The van der Waals surface area contributed by atoms with Crippen LogP contribution in [0.5, 0.6) is 0 Å². The Hall–Kier alpha value is -1.56. The number of guanidine groups is 1. The lowest BCUT2D eigenvalue weighted by atomic mass is 10.1. The van der Waals surface area contributed by atoms with Gasteiger partial charge >= 0.3 is 5.97 Å². The van der Waals surface area contributed by atoms with Crippen molar-refractivity contribution in [2.75, 3.05) is 39.3 Å². The summed E-state index contributed by atoms with van der Waals surface area (Å²) in [6, 6.07) is 0.645. The van der Waals surface area contributed by atoms with Gasteiger partial charge in [0.15, 0.2) is 5.96 Å². The maximum Gasteiger partial charge on any atom is 0.306 e. The van der Waals surface area contributed by atoms with E-state index in [2.05, 4.69) is 34.2 Å². The number of esters is 1. The fourth-order valence-electron chi connectivity index (χ4n) is 3.76. The Morgan fingerprint density at radius 3 is 2.57 bits per heavy atom. The molecule has 1 atom stereocenters. The number of carbonyl (C=O) groups is 1. The van der Waals surface area contributed by atoms with E-state index >= 15 is 0 Å². The molecule has 1 N–H and O–H groups in total. The van der Waals surface area contributed by atoms with Gasteiger partial charge in [-0.2, -0.15) is 0 Å². The summed E-state index contributed by atoms with van der Waals surface area (Å²) in [4.78, 5) is 21.5. The Labute approximate surface area is 171 Å². The minimum atomic E-state index is -0.381. The van der Waals surface area contributed by atoms with Crippen molar-refractivity contribution in [3.05, 3.63) is 12.2 Å². The Morgan fingerprint density at radius 1 is 1.18 bits per heavy atom. The average Bonchev–Trinajstić information content (AvgIpc) is 3.29. The van der Waals surface area contributed by atoms with Crippen molar-refractivity contribution >= 4 is 11.9 Å². The van der Waals surface area contributed by atoms with Gasteiger partial charge in [0.2, 0.25) is 0 Å². The van der Waals surface area contributed by atoms with E-state index in [0.29, 0.717) is 12.5 Å². The molecule has 160 valence electrons. The lowest BCUT2D eigenvalue weighted by molar-refractivity contribution is -0.154. The molecule has 0 aromatic rings. The van der Waals surface area contributed by atoms with Gasteiger partial charge in [-0.15, -0.1) is 0 Å². The summed E-state index contributed by atoms with van der Waals surface area (Å²) < 4.78 is 5.34. The smallest absolute Gasteiger partial charge is 0.306 e. The summed E-state index contributed by atoms with van der Waals surface area (Å²) in [5.74, 6) is 0.975. The zero-order valence-corrected chi connectivity index (χ0v) is 18.4. The quantitative estimate of drug-likeness (QED) is 0.215. The van der Waals surface area contributed by atoms with E-state index in [-0.39, 0.29) is 11.6 Å². The second kappa shape index (κ2) is 11.4.